The van der Waals surface area contributed by atoms with Gasteiger partial charge in [0.2, 0.25) is 0 Å². The molecule has 0 saturated heterocycles. The van der Waals surface area contributed by atoms with Crippen molar-refractivity contribution in [1.82, 2.24) is 0 Å². The Morgan fingerprint density at radius 3 is 2.53 bits per heavy atom. The van der Waals surface area contributed by atoms with Crippen molar-refractivity contribution >= 4 is 6.16 Å². The normalized spacial score (nSPS) is 33.2. The lowest BCUT2D eigenvalue weighted by Crippen LogP contribution is -2.51. The first-order chi connectivity index (χ1) is 8.80. The van der Waals surface area contributed by atoms with E-state index in [0.29, 0.717) is 12.3 Å². The highest BCUT2D eigenvalue weighted by Gasteiger charge is 2.48. The summed E-state index contributed by atoms with van der Waals surface area (Å²) in [7, 11) is 0. The van der Waals surface area contributed by atoms with Crippen molar-refractivity contribution in [2.45, 2.75) is 58.2 Å². The minimum atomic E-state index is -1.30. The van der Waals surface area contributed by atoms with Gasteiger partial charge in [0.15, 0.2) is 0 Å². The van der Waals surface area contributed by atoms with Crippen LogP contribution in [0.5, 0.6) is 0 Å². The fraction of sp³-hybridized carbons (Fsp3) is 0.929. The van der Waals surface area contributed by atoms with E-state index in [2.05, 4.69) is 6.92 Å². The first-order valence-corrected chi connectivity index (χ1v) is 7.01. The summed E-state index contributed by atoms with van der Waals surface area (Å²) in [5, 5.41) is 27.8. The van der Waals surface area contributed by atoms with E-state index in [4.69, 9.17) is 14.9 Å². The van der Waals surface area contributed by atoms with Gasteiger partial charge in [-0.25, -0.2) is 4.79 Å². The number of carbonyl (C=O) groups is 1. The van der Waals surface area contributed by atoms with Gasteiger partial charge in [-0.3, -0.25) is 0 Å². The van der Waals surface area contributed by atoms with Crippen molar-refractivity contribution in [2.75, 3.05) is 6.61 Å². The maximum absolute atomic E-state index is 11.1. The van der Waals surface area contributed by atoms with Crippen molar-refractivity contribution in [1.29, 1.82) is 0 Å². The molecule has 19 heavy (non-hydrogen) atoms. The summed E-state index contributed by atoms with van der Waals surface area (Å²) in [5.74, 6) is 0.721. The molecule has 0 amide bonds. The highest BCUT2D eigenvalue weighted by atomic mass is 16.7. The van der Waals surface area contributed by atoms with E-state index in [1.807, 2.05) is 13.8 Å². The van der Waals surface area contributed by atoms with Crippen molar-refractivity contribution in [3.05, 3.63) is 0 Å². The third-order valence-electron chi connectivity index (χ3n) is 4.23. The highest BCUT2D eigenvalue weighted by molar-refractivity contribution is 5.57. The number of aliphatic hydroxyl groups excluding tert-OH is 2. The summed E-state index contributed by atoms with van der Waals surface area (Å²) in [5.41, 5.74) is -0.875. The summed E-state index contributed by atoms with van der Waals surface area (Å²) in [4.78, 5) is 11.1. The molecule has 0 heterocycles. The molecule has 112 valence electrons. The van der Waals surface area contributed by atoms with Crippen LogP contribution in [0.15, 0.2) is 0 Å². The fourth-order valence-electron chi connectivity index (χ4n) is 3.54. The molecule has 0 aromatic carbocycles. The lowest BCUT2D eigenvalue weighted by Gasteiger charge is -2.47. The molecular formula is C14H26O5. The summed E-state index contributed by atoms with van der Waals surface area (Å²) in [6.07, 6.45) is 0.478. The second-order valence-corrected chi connectivity index (χ2v) is 6.21. The quantitative estimate of drug-likeness (QED) is 0.669. The molecule has 1 aliphatic carbocycles. The lowest BCUT2D eigenvalue weighted by atomic mass is 9.65. The van der Waals surface area contributed by atoms with Crippen LogP contribution in [0.4, 0.5) is 4.79 Å². The molecule has 3 N–H and O–H groups in total. The van der Waals surface area contributed by atoms with Gasteiger partial charge in [-0.05, 0) is 24.7 Å². The Kier molecular flexibility index (Phi) is 5.62. The van der Waals surface area contributed by atoms with Crippen LogP contribution in [-0.2, 0) is 4.74 Å². The Morgan fingerprint density at radius 2 is 2.05 bits per heavy atom. The van der Waals surface area contributed by atoms with E-state index in [9.17, 15) is 9.90 Å². The molecule has 0 aromatic rings. The van der Waals surface area contributed by atoms with Crippen molar-refractivity contribution in [3.63, 3.8) is 0 Å². The zero-order chi connectivity index (χ0) is 14.6. The summed E-state index contributed by atoms with van der Waals surface area (Å²) in [6.45, 7) is 5.80. The second kappa shape index (κ2) is 6.57. The molecule has 4 atom stereocenters. The number of hydrogen-bond donors (Lipinski definition) is 3. The van der Waals surface area contributed by atoms with Crippen LogP contribution in [0.2, 0.25) is 0 Å². The van der Waals surface area contributed by atoms with Gasteiger partial charge < -0.3 is 20.1 Å². The SMILES string of the molecule is CC(C)[C@H]1CC[C@@H](C)C[C@]1(C[C@H](O)CO)OC(=O)O. The first-order valence-electron chi connectivity index (χ1n) is 7.01. The summed E-state index contributed by atoms with van der Waals surface area (Å²) in [6, 6.07) is 0. The van der Waals surface area contributed by atoms with Crippen LogP contribution < -0.4 is 0 Å². The van der Waals surface area contributed by atoms with E-state index in [1.54, 1.807) is 0 Å². The molecule has 0 unspecified atom stereocenters. The number of ether oxygens (including phenoxy) is 1. The Bertz CT molecular complexity index is 304. The molecule has 1 aliphatic rings. The molecule has 0 bridgehead atoms. The molecule has 0 aliphatic heterocycles. The van der Waals surface area contributed by atoms with E-state index in [1.165, 1.54) is 0 Å². The standard InChI is InChI=1S/C14H26O5/c1-9(2)12-5-4-10(3)6-14(12,19-13(17)18)7-11(16)8-15/h9-12,15-16H,4-8H2,1-3H3,(H,17,18)/t10-,11+,12-,14-/m1/s1. The molecule has 0 spiro atoms. The van der Waals surface area contributed by atoms with E-state index < -0.39 is 17.9 Å². The van der Waals surface area contributed by atoms with Crippen LogP contribution in [-0.4, -0.2) is 39.8 Å². The molecule has 1 rings (SSSR count). The van der Waals surface area contributed by atoms with E-state index in [0.717, 1.165) is 12.8 Å². The van der Waals surface area contributed by atoms with Gasteiger partial charge in [0, 0.05) is 12.3 Å². The van der Waals surface area contributed by atoms with Gasteiger partial charge >= 0.3 is 6.16 Å². The van der Waals surface area contributed by atoms with E-state index in [-0.39, 0.29) is 24.9 Å². The Morgan fingerprint density at radius 1 is 1.42 bits per heavy atom. The predicted octanol–water partition coefficient (Wildman–Crippen LogP) is 2.26. The van der Waals surface area contributed by atoms with Gasteiger partial charge in [0.25, 0.3) is 0 Å². The molecular weight excluding hydrogens is 248 g/mol. The summed E-state index contributed by atoms with van der Waals surface area (Å²) >= 11 is 0. The molecule has 5 heteroatoms. The molecule has 0 radical (unpaired) electrons. The number of aliphatic hydroxyl groups is 2. The van der Waals surface area contributed by atoms with Crippen LogP contribution in [0, 0.1) is 17.8 Å². The topological polar surface area (TPSA) is 87.0 Å². The fourth-order valence-corrected chi connectivity index (χ4v) is 3.54. The van der Waals surface area contributed by atoms with Crippen molar-refractivity contribution in [3.8, 4) is 0 Å². The zero-order valence-corrected chi connectivity index (χ0v) is 12.0. The summed E-state index contributed by atoms with van der Waals surface area (Å²) < 4.78 is 5.24. The predicted molar refractivity (Wildman–Crippen MR) is 70.9 cm³/mol. The van der Waals surface area contributed by atoms with Crippen molar-refractivity contribution in [2.24, 2.45) is 17.8 Å². The average Bonchev–Trinajstić information content (AvgIpc) is 2.26. The Hall–Kier alpha value is -0.810. The third kappa shape index (κ3) is 4.08. The van der Waals surface area contributed by atoms with E-state index >= 15 is 0 Å². The Labute approximate surface area is 114 Å². The maximum atomic E-state index is 11.1. The molecule has 1 fully saturated rings. The lowest BCUT2D eigenvalue weighted by molar-refractivity contribution is -0.127. The van der Waals surface area contributed by atoms with Crippen molar-refractivity contribution < 1.29 is 24.9 Å². The molecule has 5 nitrogen and oxygen atoms in total. The van der Waals surface area contributed by atoms with Crippen LogP contribution >= 0.6 is 0 Å². The number of rotatable bonds is 5. The number of carboxylic acid groups (broad SMARTS) is 1. The van der Waals surface area contributed by atoms with Gasteiger partial charge in [0.05, 0.1) is 12.7 Å². The number of hydrogen-bond acceptors (Lipinski definition) is 4. The largest absolute Gasteiger partial charge is 0.506 e. The van der Waals surface area contributed by atoms with Gasteiger partial charge in [0.1, 0.15) is 5.60 Å². The average molecular weight is 274 g/mol. The smallest absolute Gasteiger partial charge is 0.450 e. The third-order valence-corrected chi connectivity index (χ3v) is 4.23. The zero-order valence-electron chi connectivity index (χ0n) is 12.0. The van der Waals surface area contributed by atoms with Crippen LogP contribution in [0.1, 0.15) is 46.5 Å². The van der Waals surface area contributed by atoms with Crippen LogP contribution in [0.3, 0.4) is 0 Å². The Balaban J connectivity index is 3.02. The first kappa shape index (κ1) is 16.2. The monoisotopic (exact) mass is 274 g/mol. The van der Waals surface area contributed by atoms with Gasteiger partial charge in [-0.2, -0.15) is 0 Å². The van der Waals surface area contributed by atoms with Gasteiger partial charge in [-0.1, -0.05) is 27.2 Å². The maximum Gasteiger partial charge on any atom is 0.506 e. The highest BCUT2D eigenvalue weighted by Crippen LogP contribution is 2.46. The second-order valence-electron chi connectivity index (χ2n) is 6.21. The minimum Gasteiger partial charge on any atom is -0.450 e. The van der Waals surface area contributed by atoms with Crippen LogP contribution in [0.25, 0.3) is 0 Å². The molecule has 0 aromatic heterocycles. The minimum absolute atomic E-state index is 0.0843. The molecule has 1 saturated carbocycles. The van der Waals surface area contributed by atoms with Gasteiger partial charge in [-0.15, -0.1) is 0 Å².